The molecular weight excluding hydrogens is 232 g/mol. The van der Waals surface area contributed by atoms with Crippen LogP contribution in [-0.2, 0) is 4.74 Å². The molecule has 6 nitrogen and oxygen atoms in total. The molecule has 3 rings (SSSR count). The molecule has 1 saturated carbocycles. The summed E-state index contributed by atoms with van der Waals surface area (Å²) in [5, 5.41) is 4.10. The van der Waals surface area contributed by atoms with Crippen LogP contribution in [0.3, 0.4) is 0 Å². The van der Waals surface area contributed by atoms with Crippen molar-refractivity contribution in [1.29, 1.82) is 0 Å². The van der Waals surface area contributed by atoms with E-state index in [2.05, 4.69) is 15.0 Å². The second-order valence-corrected chi connectivity index (χ2v) is 5.07. The highest BCUT2D eigenvalue weighted by Crippen LogP contribution is 2.38. The molecule has 1 saturated heterocycles. The molecule has 6 heteroatoms. The second kappa shape index (κ2) is 5.24. The van der Waals surface area contributed by atoms with Crippen LogP contribution in [0.1, 0.15) is 31.1 Å². The van der Waals surface area contributed by atoms with E-state index in [1.807, 2.05) is 0 Å². The number of ether oxygens (including phenoxy) is 1. The average Bonchev–Trinajstić information content (AvgIpc) is 3.08. The molecule has 1 aliphatic heterocycles. The van der Waals surface area contributed by atoms with E-state index in [-0.39, 0.29) is 0 Å². The number of morpholine rings is 1. The highest BCUT2D eigenvalue weighted by Gasteiger charge is 2.32. The predicted molar refractivity (Wildman–Crippen MR) is 66.5 cm³/mol. The van der Waals surface area contributed by atoms with Crippen LogP contribution >= 0.6 is 0 Å². The third-order valence-electron chi connectivity index (χ3n) is 4.00. The highest BCUT2D eigenvalue weighted by atomic mass is 16.5. The maximum Gasteiger partial charge on any atom is 0.266 e. The number of rotatable bonds is 3. The Morgan fingerprint density at radius 1 is 1.28 bits per heavy atom. The molecule has 0 radical (unpaired) electrons. The molecule has 0 bridgehead atoms. The van der Waals surface area contributed by atoms with Gasteiger partial charge >= 0.3 is 0 Å². The van der Waals surface area contributed by atoms with Crippen molar-refractivity contribution in [3.63, 3.8) is 0 Å². The second-order valence-electron chi connectivity index (χ2n) is 5.07. The Bertz CT molecular complexity index is 389. The van der Waals surface area contributed by atoms with Crippen molar-refractivity contribution in [3.8, 4) is 0 Å². The van der Waals surface area contributed by atoms with Gasteiger partial charge in [-0.2, -0.15) is 4.98 Å². The van der Waals surface area contributed by atoms with Crippen LogP contribution in [-0.4, -0.2) is 43.0 Å². The summed E-state index contributed by atoms with van der Waals surface area (Å²) < 4.78 is 10.8. The summed E-state index contributed by atoms with van der Waals surface area (Å²) in [7, 11) is 0. The quantitative estimate of drug-likeness (QED) is 0.855. The molecule has 0 aromatic carbocycles. The summed E-state index contributed by atoms with van der Waals surface area (Å²) in [6.07, 6.45) is 3.50. The highest BCUT2D eigenvalue weighted by molar-refractivity contribution is 5.28. The van der Waals surface area contributed by atoms with E-state index in [4.69, 9.17) is 15.0 Å². The number of aromatic nitrogens is 2. The Labute approximate surface area is 106 Å². The molecule has 1 aliphatic carbocycles. The van der Waals surface area contributed by atoms with Crippen molar-refractivity contribution in [2.75, 3.05) is 37.7 Å². The van der Waals surface area contributed by atoms with Gasteiger partial charge in [-0.05, 0) is 30.5 Å². The number of nitrogens with zero attached hydrogens (tertiary/aromatic N) is 3. The van der Waals surface area contributed by atoms with Crippen LogP contribution in [0, 0.1) is 5.92 Å². The smallest absolute Gasteiger partial charge is 0.266 e. The lowest BCUT2D eigenvalue weighted by atomic mass is 9.96. The molecule has 2 aliphatic rings. The topological polar surface area (TPSA) is 77.4 Å². The first-order valence-corrected chi connectivity index (χ1v) is 6.75. The third kappa shape index (κ3) is 2.22. The summed E-state index contributed by atoms with van der Waals surface area (Å²) in [5.41, 5.74) is 5.79. The number of hydrogen-bond acceptors (Lipinski definition) is 6. The minimum Gasteiger partial charge on any atom is -0.378 e. The van der Waals surface area contributed by atoms with Crippen molar-refractivity contribution >= 4 is 5.95 Å². The maximum atomic E-state index is 5.79. The first-order valence-electron chi connectivity index (χ1n) is 6.75. The molecule has 2 fully saturated rings. The van der Waals surface area contributed by atoms with E-state index in [9.17, 15) is 0 Å². The fourth-order valence-corrected chi connectivity index (χ4v) is 2.91. The van der Waals surface area contributed by atoms with E-state index in [1.165, 1.54) is 12.8 Å². The minimum atomic E-state index is 0.359. The van der Waals surface area contributed by atoms with Gasteiger partial charge in [0.05, 0.1) is 13.2 Å². The molecule has 0 spiro atoms. The van der Waals surface area contributed by atoms with Gasteiger partial charge in [0.15, 0.2) is 0 Å². The molecule has 2 heterocycles. The summed E-state index contributed by atoms with van der Waals surface area (Å²) in [6, 6.07) is 0. The van der Waals surface area contributed by atoms with Gasteiger partial charge < -0.3 is 19.9 Å². The van der Waals surface area contributed by atoms with Gasteiger partial charge in [-0.15, -0.1) is 0 Å². The molecule has 1 aromatic heterocycles. The summed E-state index contributed by atoms with van der Waals surface area (Å²) in [5.74, 6) is 2.33. The monoisotopic (exact) mass is 252 g/mol. The molecule has 100 valence electrons. The first kappa shape index (κ1) is 11.9. The zero-order valence-corrected chi connectivity index (χ0v) is 10.5. The number of hydrogen-bond donors (Lipinski definition) is 1. The lowest BCUT2D eigenvalue weighted by Gasteiger charge is -2.24. The van der Waals surface area contributed by atoms with Crippen LogP contribution in [0.15, 0.2) is 4.52 Å². The Morgan fingerprint density at radius 3 is 2.89 bits per heavy atom. The largest absolute Gasteiger partial charge is 0.378 e. The summed E-state index contributed by atoms with van der Waals surface area (Å²) in [6.45, 7) is 3.85. The Morgan fingerprint density at radius 2 is 2.11 bits per heavy atom. The normalized spacial score (nSPS) is 28.8. The Hall–Kier alpha value is -1.14. The van der Waals surface area contributed by atoms with Gasteiger partial charge in [0.2, 0.25) is 5.89 Å². The molecule has 0 amide bonds. The van der Waals surface area contributed by atoms with Crippen molar-refractivity contribution in [2.24, 2.45) is 11.7 Å². The van der Waals surface area contributed by atoms with Gasteiger partial charge in [0.25, 0.3) is 5.95 Å². The van der Waals surface area contributed by atoms with Crippen molar-refractivity contribution in [3.05, 3.63) is 5.89 Å². The van der Waals surface area contributed by atoms with E-state index in [1.54, 1.807) is 0 Å². The fraction of sp³-hybridized carbons (Fsp3) is 0.833. The van der Waals surface area contributed by atoms with Crippen molar-refractivity contribution < 1.29 is 9.26 Å². The zero-order valence-electron chi connectivity index (χ0n) is 10.5. The van der Waals surface area contributed by atoms with Crippen LogP contribution < -0.4 is 10.6 Å². The van der Waals surface area contributed by atoms with E-state index in [0.717, 1.165) is 38.6 Å². The number of nitrogens with two attached hydrogens (primary N) is 1. The first-order chi connectivity index (χ1) is 8.88. The third-order valence-corrected chi connectivity index (χ3v) is 4.00. The standard InChI is InChI=1S/C12H20N4O2/c13-8-9-2-1-3-10(9)11-14-12(15-18-11)16-4-6-17-7-5-16/h9-10H,1-8,13H2. The fourth-order valence-electron chi connectivity index (χ4n) is 2.91. The molecule has 2 N–H and O–H groups in total. The Balaban J connectivity index is 1.72. The van der Waals surface area contributed by atoms with Gasteiger partial charge in [0, 0.05) is 19.0 Å². The van der Waals surface area contributed by atoms with Crippen molar-refractivity contribution in [2.45, 2.75) is 25.2 Å². The SMILES string of the molecule is NCC1CCCC1c1nc(N2CCOCC2)no1. The zero-order chi connectivity index (χ0) is 12.4. The minimum absolute atomic E-state index is 0.359. The molecule has 2 atom stereocenters. The van der Waals surface area contributed by atoms with Crippen molar-refractivity contribution in [1.82, 2.24) is 10.1 Å². The van der Waals surface area contributed by atoms with Crippen LogP contribution in [0.5, 0.6) is 0 Å². The van der Waals surface area contributed by atoms with E-state index < -0.39 is 0 Å². The predicted octanol–water partition coefficient (Wildman–Crippen LogP) is 0.749. The van der Waals surface area contributed by atoms with E-state index >= 15 is 0 Å². The average molecular weight is 252 g/mol. The summed E-state index contributed by atoms with van der Waals surface area (Å²) >= 11 is 0. The summed E-state index contributed by atoms with van der Waals surface area (Å²) in [4.78, 5) is 6.67. The molecular formula is C12H20N4O2. The Kier molecular flexibility index (Phi) is 3.47. The molecule has 2 unspecified atom stereocenters. The van der Waals surface area contributed by atoms with Gasteiger partial charge in [-0.25, -0.2) is 0 Å². The van der Waals surface area contributed by atoms with Crippen LogP contribution in [0.4, 0.5) is 5.95 Å². The number of anilines is 1. The van der Waals surface area contributed by atoms with Gasteiger partial charge in [-0.1, -0.05) is 6.42 Å². The molecule has 18 heavy (non-hydrogen) atoms. The van der Waals surface area contributed by atoms with E-state index in [0.29, 0.717) is 24.3 Å². The van der Waals surface area contributed by atoms with Gasteiger partial charge in [0.1, 0.15) is 0 Å². The van der Waals surface area contributed by atoms with Crippen LogP contribution in [0.2, 0.25) is 0 Å². The van der Waals surface area contributed by atoms with Crippen LogP contribution in [0.25, 0.3) is 0 Å². The maximum absolute atomic E-state index is 5.79. The lowest BCUT2D eigenvalue weighted by Crippen LogP contribution is -2.36. The molecule has 1 aromatic rings. The lowest BCUT2D eigenvalue weighted by molar-refractivity contribution is 0.121. The van der Waals surface area contributed by atoms with Gasteiger partial charge in [-0.3, -0.25) is 0 Å².